The van der Waals surface area contributed by atoms with Crippen molar-refractivity contribution in [2.75, 3.05) is 36.0 Å². The zero-order valence-electron chi connectivity index (χ0n) is 24.4. The molecule has 4 rings (SSSR count). The van der Waals surface area contributed by atoms with E-state index in [2.05, 4.69) is 78.6 Å². The van der Waals surface area contributed by atoms with E-state index >= 15 is 0 Å². The molecule has 0 unspecified atom stereocenters. The van der Waals surface area contributed by atoms with Gasteiger partial charge in [-0.15, -0.1) is 9.36 Å². The molecule has 40 heavy (non-hydrogen) atoms. The quantitative estimate of drug-likeness (QED) is 0.138. The molecule has 2 aromatic heterocycles. The predicted octanol–water partition coefficient (Wildman–Crippen LogP) is 4.77. The zero-order valence-corrected chi connectivity index (χ0v) is 24.4. The highest BCUT2D eigenvalue weighted by molar-refractivity contribution is 5.53. The fourth-order valence-corrected chi connectivity index (χ4v) is 4.45. The molecule has 0 spiro atoms. The van der Waals surface area contributed by atoms with Crippen LogP contribution >= 0.6 is 0 Å². The van der Waals surface area contributed by atoms with Crippen LogP contribution in [0, 0.1) is 0 Å². The van der Waals surface area contributed by atoms with Crippen LogP contribution in [0.2, 0.25) is 0 Å². The third kappa shape index (κ3) is 7.13. The van der Waals surface area contributed by atoms with Gasteiger partial charge in [-0.3, -0.25) is 0 Å². The molecule has 0 aliphatic heterocycles. The number of hydrogen-bond acceptors (Lipinski definition) is 8. The molecule has 4 aromatic rings. The Morgan fingerprint density at radius 2 is 1.00 bits per heavy atom. The van der Waals surface area contributed by atoms with Crippen LogP contribution in [-0.4, -0.2) is 45.7 Å². The molecule has 12 nitrogen and oxygen atoms in total. The van der Waals surface area contributed by atoms with Crippen LogP contribution in [0.15, 0.2) is 81.6 Å². The van der Waals surface area contributed by atoms with E-state index in [9.17, 15) is 0 Å². The second kappa shape index (κ2) is 13.5. The molecule has 0 atom stereocenters. The van der Waals surface area contributed by atoms with Gasteiger partial charge in [0.25, 0.3) is 0 Å². The third-order valence-corrected chi connectivity index (χ3v) is 6.81. The van der Waals surface area contributed by atoms with Gasteiger partial charge in [-0.1, -0.05) is 10.2 Å². The molecule has 210 valence electrons. The lowest BCUT2D eigenvalue weighted by atomic mass is 10.2. The molecule has 0 aliphatic carbocycles. The van der Waals surface area contributed by atoms with Gasteiger partial charge in [-0.25, -0.2) is 9.13 Å². The number of unbranched alkanes of at least 4 members (excludes halogenated alkanes) is 1. The van der Waals surface area contributed by atoms with E-state index in [0.717, 1.165) is 50.4 Å². The molecule has 0 saturated carbocycles. The summed E-state index contributed by atoms with van der Waals surface area (Å²) < 4.78 is 7.07. The number of rotatable bonds is 13. The van der Waals surface area contributed by atoms with Gasteiger partial charge in [-0.05, 0) is 85.4 Å². The van der Waals surface area contributed by atoms with Gasteiger partial charge in [-0.2, -0.15) is 0 Å². The monoisotopic (exact) mass is 544 g/mol. The first-order chi connectivity index (χ1) is 19.4. The average Bonchev–Trinajstić information content (AvgIpc) is 3.47. The molecular formula is C28H40N12+2. The van der Waals surface area contributed by atoms with Gasteiger partial charge in [0.2, 0.25) is 12.7 Å². The maximum absolute atomic E-state index is 4.37. The van der Waals surface area contributed by atoms with Crippen molar-refractivity contribution in [3.05, 3.63) is 61.2 Å². The van der Waals surface area contributed by atoms with Gasteiger partial charge in [0.1, 0.15) is 0 Å². The van der Waals surface area contributed by atoms with Crippen molar-refractivity contribution < 1.29 is 9.13 Å². The third-order valence-electron chi connectivity index (χ3n) is 6.81. The Hall–Kier alpha value is -4.48. The molecule has 0 radical (unpaired) electrons. The maximum Gasteiger partial charge on any atom is 0.403 e. The Morgan fingerprint density at radius 1 is 0.625 bits per heavy atom. The van der Waals surface area contributed by atoms with Crippen LogP contribution in [-0.2, 0) is 28.2 Å². The van der Waals surface area contributed by atoms with Gasteiger partial charge >= 0.3 is 11.9 Å². The summed E-state index contributed by atoms with van der Waals surface area (Å²) in [6.07, 6.45) is 5.64. The van der Waals surface area contributed by atoms with Gasteiger partial charge < -0.3 is 9.80 Å². The van der Waals surface area contributed by atoms with E-state index in [4.69, 9.17) is 0 Å². The maximum atomic E-state index is 4.37. The van der Waals surface area contributed by atoms with Gasteiger partial charge in [0.15, 0.2) is 0 Å². The summed E-state index contributed by atoms with van der Waals surface area (Å²) in [6.45, 7) is 8.31. The van der Waals surface area contributed by atoms with Gasteiger partial charge in [0, 0.05) is 47.8 Å². The molecule has 0 saturated heterocycles. The summed E-state index contributed by atoms with van der Waals surface area (Å²) in [7, 11) is 7.51. The SMILES string of the molecule is CCN(CCCCN(CC)c1ccc(N=Nc2n(C)nc[n+]2C)cc1)c1ccc(N=Nc2n(C)nc[n+]2C)cc1. The Bertz CT molecular complexity index is 1270. The standard InChI is InChI=1S/C28H40N12/c1-7-39(25-15-11-23(12-16-25)31-33-27-35(3)21-29-37(27)5)19-9-10-20-40(8-2)26-17-13-24(14-18-26)32-34-28-36(4)22-30-38(28)6/h11-18,21-22H,7-10,19-20H2,1-6H3/q+2. The molecule has 2 aromatic carbocycles. The van der Waals surface area contributed by atoms with Crippen molar-refractivity contribution >= 4 is 34.6 Å². The first-order valence-electron chi connectivity index (χ1n) is 13.7. The van der Waals surface area contributed by atoms with Crippen LogP contribution in [0.1, 0.15) is 26.7 Å². The van der Waals surface area contributed by atoms with Crippen molar-refractivity contribution in [3.8, 4) is 0 Å². The number of benzene rings is 2. The number of anilines is 2. The minimum absolute atomic E-state index is 0.692. The second-order valence-electron chi connectivity index (χ2n) is 9.63. The van der Waals surface area contributed by atoms with Crippen LogP contribution < -0.4 is 18.9 Å². The molecule has 0 fully saturated rings. The topological polar surface area (TPSA) is 99.3 Å². The van der Waals surface area contributed by atoms with Crippen molar-refractivity contribution in [3.63, 3.8) is 0 Å². The Kier molecular flexibility index (Phi) is 9.66. The largest absolute Gasteiger partial charge is 0.403 e. The van der Waals surface area contributed by atoms with Crippen LogP contribution in [0.4, 0.5) is 34.6 Å². The summed E-state index contributed by atoms with van der Waals surface area (Å²) in [6, 6.07) is 16.5. The lowest BCUT2D eigenvalue weighted by Crippen LogP contribution is -2.27. The molecule has 0 bridgehead atoms. The lowest BCUT2D eigenvalue weighted by Gasteiger charge is -2.26. The average molecular weight is 545 g/mol. The van der Waals surface area contributed by atoms with E-state index in [1.165, 1.54) is 11.4 Å². The predicted molar refractivity (Wildman–Crippen MR) is 155 cm³/mol. The van der Waals surface area contributed by atoms with E-state index in [0.29, 0.717) is 11.9 Å². The first kappa shape index (κ1) is 28.5. The number of azo groups is 2. The summed E-state index contributed by atoms with van der Waals surface area (Å²) in [5, 5.41) is 25.7. The number of hydrogen-bond donors (Lipinski definition) is 0. The highest BCUT2D eigenvalue weighted by Crippen LogP contribution is 2.23. The van der Waals surface area contributed by atoms with Crippen LogP contribution in [0.5, 0.6) is 0 Å². The summed E-state index contributed by atoms with van der Waals surface area (Å²) in [4.78, 5) is 4.81. The van der Waals surface area contributed by atoms with E-state index in [1.54, 1.807) is 22.0 Å². The molecule has 0 aliphatic rings. The van der Waals surface area contributed by atoms with E-state index in [1.807, 2.05) is 61.6 Å². The summed E-state index contributed by atoms with van der Waals surface area (Å²) in [5.41, 5.74) is 4.03. The van der Waals surface area contributed by atoms with Crippen molar-refractivity contribution in [2.24, 2.45) is 48.6 Å². The molecular weight excluding hydrogens is 504 g/mol. The normalized spacial score (nSPS) is 11.7. The Balaban J connectivity index is 1.26. The van der Waals surface area contributed by atoms with Gasteiger partial charge in [0.05, 0.1) is 39.6 Å². The summed E-state index contributed by atoms with van der Waals surface area (Å²) in [5.74, 6) is 1.38. The molecule has 12 heteroatoms. The highest BCUT2D eigenvalue weighted by Gasteiger charge is 2.13. The van der Waals surface area contributed by atoms with Crippen molar-refractivity contribution in [1.29, 1.82) is 0 Å². The van der Waals surface area contributed by atoms with Crippen molar-refractivity contribution in [1.82, 2.24) is 19.6 Å². The zero-order chi connectivity index (χ0) is 28.5. The fraction of sp³-hybridized carbons (Fsp3) is 0.429. The minimum atomic E-state index is 0.692. The Labute approximate surface area is 235 Å². The number of aromatic nitrogens is 6. The summed E-state index contributed by atoms with van der Waals surface area (Å²) >= 11 is 0. The number of aryl methyl sites for hydroxylation is 4. The van der Waals surface area contributed by atoms with Crippen LogP contribution in [0.25, 0.3) is 0 Å². The molecule has 0 amide bonds. The highest BCUT2D eigenvalue weighted by atomic mass is 15.4. The van der Waals surface area contributed by atoms with E-state index < -0.39 is 0 Å². The first-order valence-corrected chi connectivity index (χ1v) is 13.7. The molecule has 2 heterocycles. The second-order valence-corrected chi connectivity index (χ2v) is 9.63. The minimum Gasteiger partial charge on any atom is -0.372 e. The van der Waals surface area contributed by atoms with Crippen molar-refractivity contribution in [2.45, 2.75) is 26.7 Å². The molecule has 0 N–H and O–H groups in total. The van der Waals surface area contributed by atoms with Crippen LogP contribution in [0.3, 0.4) is 0 Å². The Morgan fingerprint density at radius 3 is 1.30 bits per heavy atom. The lowest BCUT2D eigenvalue weighted by molar-refractivity contribution is -0.659. The fourth-order valence-electron chi connectivity index (χ4n) is 4.45. The number of nitrogens with zero attached hydrogens (tertiary/aromatic N) is 12. The van der Waals surface area contributed by atoms with E-state index in [-0.39, 0.29) is 0 Å². The smallest absolute Gasteiger partial charge is 0.372 e.